The van der Waals surface area contributed by atoms with Gasteiger partial charge in [0.05, 0.1) is 33.4 Å². The predicted octanol–water partition coefficient (Wildman–Crippen LogP) is 2.44. The monoisotopic (exact) mass is 493 g/mol. The Kier molecular flexibility index (Phi) is 5.69. The Bertz CT molecular complexity index is 1590. The number of rotatable bonds is 5. The van der Waals surface area contributed by atoms with Gasteiger partial charge in [-0.05, 0) is 43.2 Å². The van der Waals surface area contributed by atoms with Crippen LogP contribution < -0.4 is 24.4 Å². The van der Waals surface area contributed by atoms with Crippen LogP contribution in [0.5, 0.6) is 11.5 Å². The Morgan fingerprint density at radius 3 is 2.86 bits per heavy atom. The number of esters is 1. The summed E-state index contributed by atoms with van der Waals surface area (Å²) in [5.74, 6) is 0.522. The minimum absolute atomic E-state index is 0.0785. The zero-order valence-electron chi connectivity index (χ0n) is 18.7. The summed E-state index contributed by atoms with van der Waals surface area (Å²) in [6.45, 7) is 3.66. The Labute approximate surface area is 202 Å². The van der Waals surface area contributed by atoms with E-state index in [0.29, 0.717) is 37.7 Å². The van der Waals surface area contributed by atoms with Gasteiger partial charge in [0.2, 0.25) is 6.79 Å². The summed E-state index contributed by atoms with van der Waals surface area (Å²) in [6.07, 6.45) is 1.58. The fourth-order valence-electron chi connectivity index (χ4n) is 4.07. The van der Waals surface area contributed by atoms with E-state index in [0.717, 1.165) is 11.3 Å². The molecule has 0 saturated carbocycles. The van der Waals surface area contributed by atoms with Crippen LogP contribution in [0.4, 0.5) is 5.69 Å². The molecular formula is C24H19N3O7S. The standard InChI is InChI=1S/C24H19N3O7S/c1-3-32-23(29)20-13(2)25-24-26(21(20)15-7-8-17-18(11-15)34-12-33-17)22(28)19(35-24)10-14-5-4-6-16(9-14)27(30)31/h4-11,21H,3,12H2,1-2H3/t21-/m1/s1. The van der Waals surface area contributed by atoms with Crippen molar-refractivity contribution in [1.82, 2.24) is 4.57 Å². The minimum Gasteiger partial charge on any atom is -0.463 e. The molecule has 3 aromatic rings. The maximum absolute atomic E-state index is 13.6. The number of fused-ring (bicyclic) bond motifs is 2. The van der Waals surface area contributed by atoms with E-state index >= 15 is 0 Å². The lowest BCUT2D eigenvalue weighted by molar-refractivity contribution is -0.384. The van der Waals surface area contributed by atoms with E-state index in [1.807, 2.05) is 0 Å². The van der Waals surface area contributed by atoms with Gasteiger partial charge >= 0.3 is 5.97 Å². The molecule has 0 radical (unpaired) electrons. The lowest BCUT2D eigenvalue weighted by Gasteiger charge is -2.24. The molecule has 0 saturated heterocycles. The first-order valence-electron chi connectivity index (χ1n) is 10.7. The molecule has 11 heteroatoms. The number of allylic oxidation sites excluding steroid dienone is 1. The predicted molar refractivity (Wildman–Crippen MR) is 126 cm³/mol. The largest absolute Gasteiger partial charge is 0.463 e. The smallest absolute Gasteiger partial charge is 0.338 e. The molecule has 0 bridgehead atoms. The highest BCUT2D eigenvalue weighted by molar-refractivity contribution is 7.07. The fourth-order valence-corrected chi connectivity index (χ4v) is 5.12. The Hall–Kier alpha value is -4.25. The molecule has 3 heterocycles. The fraction of sp³-hybridized carbons (Fsp3) is 0.208. The van der Waals surface area contributed by atoms with Gasteiger partial charge in [0.1, 0.15) is 0 Å². The van der Waals surface area contributed by atoms with Gasteiger partial charge in [-0.2, -0.15) is 0 Å². The van der Waals surface area contributed by atoms with E-state index in [-0.39, 0.29) is 30.2 Å². The summed E-state index contributed by atoms with van der Waals surface area (Å²) in [5, 5.41) is 11.1. The van der Waals surface area contributed by atoms with E-state index < -0.39 is 16.9 Å². The van der Waals surface area contributed by atoms with Gasteiger partial charge in [0.15, 0.2) is 16.3 Å². The number of nitro benzene ring substituents is 1. The van der Waals surface area contributed by atoms with Crippen molar-refractivity contribution < 1.29 is 23.9 Å². The van der Waals surface area contributed by atoms with Gasteiger partial charge in [-0.3, -0.25) is 19.5 Å². The molecule has 0 unspecified atom stereocenters. The SMILES string of the molecule is CCOC(=O)C1=C(C)N=c2sc(=Cc3cccc([N+](=O)[O-])c3)c(=O)n2[C@@H]1c1ccc2c(c1)OCO2. The first-order chi connectivity index (χ1) is 16.9. The molecule has 35 heavy (non-hydrogen) atoms. The highest BCUT2D eigenvalue weighted by Gasteiger charge is 2.34. The van der Waals surface area contributed by atoms with Crippen LogP contribution in [0, 0.1) is 10.1 Å². The van der Waals surface area contributed by atoms with Gasteiger partial charge in [-0.25, -0.2) is 9.79 Å². The highest BCUT2D eigenvalue weighted by atomic mass is 32.1. The van der Waals surface area contributed by atoms with E-state index in [9.17, 15) is 19.7 Å². The third kappa shape index (κ3) is 3.99. The second-order valence-corrected chi connectivity index (χ2v) is 8.78. The number of nitro groups is 1. The third-order valence-corrected chi connectivity index (χ3v) is 6.59. The molecular weight excluding hydrogens is 474 g/mol. The van der Waals surface area contributed by atoms with Gasteiger partial charge in [0, 0.05) is 12.1 Å². The summed E-state index contributed by atoms with van der Waals surface area (Å²) < 4.78 is 18.0. The normalized spacial score (nSPS) is 16.6. The summed E-state index contributed by atoms with van der Waals surface area (Å²) in [6, 6.07) is 10.4. The van der Waals surface area contributed by atoms with Gasteiger partial charge in [0.25, 0.3) is 11.2 Å². The van der Waals surface area contributed by atoms with Crippen molar-refractivity contribution in [3.63, 3.8) is 0 Å². The summed E-state index contributed by atoms with van der Waals surface area (Å²) >= 11 is 1.14. The zero-order valence-corrected chi connectivity index (χ0v) is 19.5. The number of carbonyl (C=O) groups is 1. The molecule has 2 aliphatic heterocycles. The van der Waals surface area contributed by atoms with Crippen LogP contribution in [-0.2, 0) is 9.53 Å². The quantitative estimate of drug-likeness (QED) is 0.304. The minimum atomic E-state index is -0.799. The van der Waals surface area contributed by atoms with Crippen molar-refractivity contribution in [2.75, 3.05) is 13.4 Å². The van der Waals surface area contributed by atoms with Crippen molar-refractivity contribution >= 4 is 29.1 Å². The number of carbonyl (C=O) groups excluding carboxylic acids is 1. The second kappa shape index (κ2) is 8.84. The Morgan fingerprint density at radius 2 is 2.09 bits per heavy atom. The van der Waals surface area contributed by atoms with Gasteiger partial charge in [-0.15, -0.1) is 0 Å². The average molecular weight is 493 g/mol. The number of hydrogen-bond donors (Lipinski definition) is 0. The maximum atomic E-state index is 13.6. The highest BCUT2D eigenvalue weighted by Crippen LogP contribution is 2.38. The van der Waals surface area contributed by atoms with Crippen LogP contribution in [0.3, 0.4) is 0 Å². The number of nitrogens with zero attached hydrogens (tertiary/aromatic N) is 3. The molecule has 0 fully saturated rings. The number of thiazole rings is 1. The number of non-ortho nitro benzene ring substituents is 1. The average Bonchev–Trinajstić information content (AvgIpc) is 3.42. The summed E-state index contributed by atoms with van der Waals surface area (Å²) in [7, 11) is 0. The molecule has 0 N–H and O–H groups in total. The maximum Gasteiger partial charge on any atom is 0.338 e. The molecule has 10 nitrogen and oxygen atoms in total. The first-order valence-corrected chi connectivity index (χ1v) is 11.5. The van der Waals surface area contributed by atoms with Crippen LogP contribution in [0.25, 0.3) is 6.08 Å². The molecule has 0 spiro atoms. The van der Waals surface area contributed by atoms with Crippen LogP contribution in [0.15, 0.2) is 63.5 Å². The molecule has 1 aromatic heterocycles. The summed E-state index contributed by atoms with van der Waals surface area (Å²) in [5.41, 5.74) is 1.37. The molecule has 2 aromatic carbocycles. The van der Waals surface area contributed by atoms with E-state index in [4.69, 9.17) is 14.2 Å². The molecule has 5 rings (SSSR count). The van der Waals surface area contributed by atoms with E-state index in [1.54, 1.807) is 50.3 Å². The molecule has 0 amide bonds. The number of hydrogen-bond acceptors (Lipinski definition) is 9. The van der Waals surface area contributed by atoms with E-state index in [2.05, 4.69) is 4.99 Å². The molecule has 178 valence electrons. The first kappa shape index (κ1) is 22.5. The van der Waals surface area contributed by atoms with Crippen molar-refractivity contribution in [2.24, 2.45) is 4.99 Å². The van der Waals surface area contributed by atoms with Crippen molar-refractivity contribution in [3.8, 4) is 11.5 Å². The Morgan fingerprint density at radius 1 is 1.29 bits per heavy atom. The van der Waals surface area contributed by atoms with Crippen molar-refractivity contribution in [1.29, 1.82) is 0 Å². The topological polar surface area (TPSA) is 122 Å². The summed E-state index contributed by atoms with van der Waals surface area (Å²) in [4.78, 5) is 42.2. The molecule has 1 atom stereocenters. The number of aromatic nitrogens is 1. The number of benzene rings is 2. The molecule has 0 aliphatic carbocycles. The lowest BCUT2D eigenvalue weighted by Crippen LogP contribution is -2.39. The third-order valence-electron chi connectivity index (χ3n) is 5.61. The Balaban J connectivity index is 1.71. The van der Waals surface area contributed by atoms with Gasteiger partial charge in [-0.1, -0.05) is 29.5 Å². The zero-order chi connectivity index (χ0) is 24.7. The van der Waals surface area contributed by atoms with Crippen LogP contribution in [0.2, 0.25) is 0 Å². The van der Waals surface area contributed by atoms with Crippen molar-refractivity contribution in [3.05, 3.63) is 94.7 Å². The number of ether oxygens (including phenoxy) is 3. The lowest BCUT2D eigenvalue weighted by atomic mass is 9.95. The van der Waals surface area contributed by atoms with Crippen LogP contribution >= 0.6 is 11.3 Å². The molecule has 2 aliphatic rings. The van der Waals surface area contributed by atoms with Crippen LogP contribution in [-0.4, -0.2) is 28.9 Å². The second-order valence-electron chi connectivity index (χ2n) is 7.77. The van der Waals surface area contributed by atoms with E-state index in [1.165, 1.54) is 16.7 Å². The van der Waals surface area contributed by atoms with Gasteiger partial charge < -0.3 is 14.2 Å². The van der Waals surface area contributed by atoms with Crippen molar-refractivity contribution in [2.45, 2.75) is 19.9 Å². The van der Waals surface area contributed by atoms with Crippen LogP contribution in [0.1, 0.15) is 31.0 Å².